The predicted octanol–water partition coefficient (Wildman–Crippen LogP) is 2.16. The summed E-state index contributed by atoms with van der Waals surface area (Å²) >= 11 is 3.05. The number of carbonyl (C=O) groups is 2. The van der Waals surface area contributed by atoms with Crippen molar-refractivity contribution >= 4 is 28.2 Å². The Balaban J connectivity index is 3.28. The average Bonchev–Trinajstić information content (AvgIpc) is 2.20. The van der Waals surface area contributed by atoms with E-state index in [0.717, 1.165) is 0 Å². The molecule has 0 aliphatic rings. The van der Waals surface area contributed by atoms with Crippen molar-refractivity contribution in [2.45, 2.75) is 12.8 Å². The molecule has 0 fully saturated rings. The Labute approximate surface area is 94.7 Å². The van der Waals surface area contributed by atoms with Crippen molar-refractivity contribution in [1.29, 1.82) is 0 Å². The van der Waals surface area contributed by atoms with Gasteiger partial charge in [0, 0.05) is 0 Å². The van der Waals surface area contributed by atoms with E-state index in [4.69, 9.17) is 5.11 Å². The normalized spacial score (nSPS) is 12.1. The Hall–Kier alpha value is -1.36. The molecule has 0 aliphatic heterocycles. The minimum atomic E-state index is -0.982. The molecule has 1 aromatic carbocycles. The Bertz CT molecular complexity index is 414. The van der Waals surface area contributed by atoms with Crippen LogP contribution in [0.25, 0.3) is 0 Å². The summed E-state index contributed by atoms with van der Waals surface area (Å²) in [6.45, 7) is 1.51. The number of hydrogen-bond acceptors (Lipinski definition) is 3. The zero-order valence-corrected chi connectivity index (χ0v) is 9.48. The molecule has 0 radical (unpaired) electrons. The third-order valence-electron chi connectivity index (χ3n) is 2.11. The van der Waals surface area contributed by atoms with Crippen LogP contribution in [-0.2, 0) is 4.79 Å². The highest BCUT2D eigenvalue weighted by atomic mass is 79.9. The lowest BCUT2D eigenvalue weighted by molar-refractivity contribution is -0.138. The van der Waals surface area contributed by atoms with Gasteiger partial charge in [-0.1, -0.05) is 0 Å². The van der Waals surface area contributed by atoms with Crippen LogP contribution >= 0.6 is 15.9 Å². The van der Waals surface area contributed by atoms with Gasteiger partial charge in [0.1, 0.15) is 5.75 Å². The van der Waals surface area contributed by atoms with Crippen molar-refractivity contribution in [1.82, 2.24) is 0 Å². The molecule has 1 rings (SSSR count). The number of benzene rings is 1. The van der Waals surface area contributed by atoms with Crippen LogP contribution in [0.1, 0.15) is 28.8 Å². The van der Waals surface area contributed by atoms with Crippen LogP contribution in [0.15, 0.2) is 16.6 Å². The topological polar surface area (TPSA) is 74.6 Å². The second kappa shape index (κ2) is 4.44. The van der Waals surface area contributed by atoms with Crippen molar-refractivity contribution in [3.8, 4) is 5.75 Å². The summed E-state index contributed by atoms with van der Waals surface area (Å²) in [6.07, 6.45) is 0.484. The van der Waals surface area contributed by atoms with Gasteiger partial charge in [-0.25, -0.2) is 0 Å². The molecule has 0 heterocycles. The number of rotatable bonds is 3. The molecule has 0 saturated carbocycles. The van der Waals surface area contributed by atoms with Gasteiger partial charge in [0.15, 0.2) is 6.29 Å². The van der Waals surface area contributed by atoms with Gasteiger partial charge >= 0.3 is 5.97 Å². The minimum absolute atomic E-state index is 0.0764. The zero-order chi connectivity index (χ0) is 11.6. The standard InChI is InChI=1S/C10H9BrO4/c1-5(10(14)15)6-2-7(4-12)9(13)8(11)3-6/h2-5,13H,1H3,(H,14,15). The fourth-order valence-corrected chi connectivity index (χ4v) is 1.62. The molecule has 1 atom stereocenters. The maximum Gasteiger partial charge on any atom is 0.310 e. The average molecular weight is 273 g/mol. The molecule has 0 amide bonds. The Kier molecular flexibility index (Phi) is 3.47. The SMILES string of the molecule is CC(C(=O)O)c1cc(Br)c(O)c(C=O)c1. The lowest BCUT2D eigenvalue weighted by Gasteiger charge is -2.09. The van der Waals surface area contributed by atoms with Crippen molar-refractivity contribution in [3.63, 3.8) is 0 Å². The van der Waals surface area contributed by atoms with Crippen LogP contribution in [0.3, 0.4) is 0 Å². The fraction of sp³-hybridized carbons (Fsp3) is 0.200. The second-order valence-electron chi connectivity index (χ2n) is 3.12. The first-order valence-corrected chi connectivity index (χ1v) is 4.97. The van der Waals surface area contributed by atoms with Gasteiger partial charge in [-0.15, -0.1) is 0 Å². The molecular formula is C10H9BrO4. The lowest BCUT2D eigenvalue weighted by Crippen LogP contribution is -2.07. The summed E-state index contributed by atoms with van der Waals surface area (Å²) < 4.78 is 0.315. The number of aromatic hydroxyl groups is 1. The number of carboxylic acid groups (broad SMARTS) is 1. The van der Waals surface area contributed by atoms with E-state index in [1.165, 1.54) is 19.1 Å². The molecule has 1 unspecified atom stereocenters. The van der Waals surface area contributed by atoms with Crippen LogP contribution in [0.5, 0.6) is 5.75 Å². The monoisotopic (exact) mass is 272 g/mol. The van der Waals surface area contributed by atoms with Gasteiger partial charge in [-0.3, -0.25) is 9.59 Å². The molecule has 15 heavy (non-hydrogen) atoms. The third-order valence-corrected chi connectivity index (χ3v) is 2.72. The summed E-state index contributed by atoms with van der Waals surface area (Å²) in [7, 11) is 0. The van der Waals surface area contributed by atoms with E-state index >= 15 is 0 Å². The Morgan fingerprint density at radius 2 is 2.13 bits per heavy atom. The van der Waals surface area contributed by atoms with Gasteiger partial charge in [-0.05, 0) is 40.5 Å². The van der Waals surface area contributed by atoms with Crippen molar-refractivity contribution in [2.24, 2.45) is 0 Å². The third kappa shape index (κ3) is 2.36. The fourth-order valence-electron chi connectivity index (χ4n) is 1.12. The van der Waals surface area contributed by atoms with E-state index in [1.807, 2.05) is 0 Å². The number of hydrogen-bond donors (Lipinski definition) is 2. The smallest absolute Gasteiger partial charge is 0.310 e. The number of carboxylic acids is 1. The summed E-state index contributed by atoms with van der Waals surface area (Å²) in [6, 6.07) is 2.85. The number of aldehydes is 1. The molecule has 1 aromatic rings. The van der Waals surface area contributed by atoms with Crippen molar-refractivity contribution < 1.29 is 19.8 Å². The maximum atomic E-state index is 10.7. The van der Waals surface area contributed by atoms with Gasteiger partial charge < -0.3 is 10.2 Å². The van der Waals surface area contributed by atoms with E-state index in [2.05, 4.69) is 15.9 Å². The highest BCUT2D eigenvalue weighted by molar-refractivity contribution is 9.10. The van der Waals surface area contributed by atoms with E-state index in [-0.39, 0.29) is 11.3 Å². The summed E-state index contributed by atoms with van der Waals surface area (Å²) in [4.78, 5) is 21.3. The largest absolute Gasteiger partial charge is 0.506 e. The molecule has 0 aliphatic carbocycles. The quantitative estimate of drug-likeness (QED) is 0.827. The maximum absolute atomic E-state index is 10.7. The first kappa shape index (κ1) is 11.7. The van der Waals surface area contributed by atoms with Crippen LogP contribution in [0.2, 0.25) is 0 Å². The number of halogens is 1. The van der Waals surface area contributed by atoms with Gasteiger partial charge in [0.05, 0.1) is 16.0 Å². The minimum Gasteiger partial charge on any atom is -0.506 e. The zero-order valence-electron chi connectivity index (χ0n) is 7.90. The molecule has 0 aromatic heterocycles. The molecule has 0 bridgehead atoms. The first-order chi connectivity index (χ1) is 6.97. The number of phenolic OH excluding ortho intramolecular Hbond substituents is 1. The number of aliphatic carboxylic acids is 1. The molecule has 2 N–H and O–H groups in total. The number of phenols is 1. The summed E-state index contributed by atoms with van der Waals surface area (Å²) in [5.74, 6) is -1.88. The molecule has 4 nitrogen and oxygen atoms in total. The second-order valence-corrected chi connectivity index (χ2v) is 3.97. The summed E-state index contributed by atoms with van der Waals surface area (Å²) in [5.41, 5.74) is 0.543. The molecule has 5 heteroatoms. The highest BCUT2D eigenvalue weighted by Gasteiger charge is 2.17. The predicted molar refractivity (Wildman–Crippen MR) is 57.2 cm³/mol. The van der Waals surface area contributed by atoms with Crippen LogP contribution in [-0.4, -0.2) is 22.5 Å². The van der Waals surface area contributed by atoms with Gasteiger partial charge in [0.25, 0.3) is 0 Å². The Morgan fingerprint density at radius 1 is 1.53 bits per heavy atom. The molecule has 0 saturated heterocycles. The van der Waals surface area contributed by atoms with Crippen molar-refractivity contribution in [2.75, 3.05) is 0 Å². The van der Waals surface area contributed by atoms with Crippen molar-refractivity contribution in [3.05, 3.63) is 27.7 Å². The number of carbonyl (C=O) groups excluding carboxylic acids is 1. The van der Waals surface area contributed by atoms with E-state index in [0.29, 0.717) is 16.3 Å². The van der Waals surface area contributed by atoms with Gasteiger partial charge in [-0.2, -0.15) is 0 Å². The first-order valence-electron chi connectivity index (χ1n) is 4.17. The Morgan fingerprint density at radius 3 is 2.60 bits per heavy atom. The highest BCUT2D eigenvalue weighted by Crippen LogP contribution is 2.31. The van der Waals surface area contributed by atoms with Crippen LogP contribution < -0.4 is 0 Å². The molecular weight excluding hydrogens is 264 g/mol. The molecule has 80 valence electrons. The lowest BCUT2D eigenvalue weighted by atomic mass is 9.99. The van der Waals surface area contributed by atoms with Gasteiger partial charge in [0.2, 0.25) is 0 Å². The van der Waals surface area contributed by atoms with Crippen LogP contribution in [0, 0.1) is 0 Å². The van der Waals surface area contributed by atoms with E-state index < -0.39 is 11.9 Å². The van der Waals surface area contributed by atoms with Crippen LogP contribution in [0.4, 0.5) is 0 Å². The van der Waals surface area contributed by atoms with E-state index in [9.17, 15) is 14.7 Å². The van der Waals surface area contributed by atoms with E-state index in [1.54, 1.807) is 0 Å². The molecule has 0 spiro atoms. The summed E-state index contributed by atoms with van der Waals surface area (Å²) in [5, 5.41) is 18.2.